The molecule has 9 rings (SSSR count). The second-order valence-electron chi connectivity index (χ2n) is 15.5. The number of hydrogen-bond donors (Lipinski definition) is 0. The Bertz CT molecular complexity index is 2460. The minimum absolute atomic E-state index is 0.248. The van der Waals surface area contributed by atoms with Crippen LogP contribution in [0.1, 0.15) is 45.9 Å². The highest BCUT2D eigenvalue weighted by atomic mass is 15.2. The molecule has 0 saturated carbocycles. The van der Waals surface area contributed by atoms with Crippen molar-refractivity contribution in [3.05, 3.63) is 250 Å². The van der Waals surface area contributed by atoms with Gasteiger partial charge in [0, 0.05) is 29.3 Å². The molecular weight excluding hydrogens is 663 g/mol. The monoisotopic (exact) mass is 709 g/mol. The van der Waals surface area contributed by atoms with Gasteiger partial charge in [-0.2, -0.15) is 0 Å². The minimum atomic E-state index is -0.253. The maximum absolute atomic E-state index is 2.47. The van der Waals surface area contributed by atoms with Crippen LogP contribution in [0.15, 0.2) is 211 Å². The summed E-state index contributed by atoms with van der Waals surface area (Å²) in [5.74, 6) is 0. The molecule has 7 aromatic rings. The molecule has 1 heteroatoms. The van der Waals surface area contributed by atoms with E-state index in [1.54, 1.807) is 0 Å². The summed E-state index contributed by atoms with van der Waals surface area (Å²) < 4.78 is 0. The summed E-state index contributed by atoms with van der Waals surface area (Å²) in [7, 11) is 2.26. The molecule has 0 fully saturated rings. The Morgan fingerprint density at radius 2 is 0.945 bits per heavy atom. The predicted molar refractivity (Wildman–Crippen MR) is 233 cm³/mol. The number of rotatable bonds is 10. The van der Waals surface area contributed by atoms with Gasteiger partial charge in [0.2, 0.25) is 0 Å². The van der Waals surface area contributed by atoms with E-state index < -0.39 is 0 Å². The molecule has 0 saturated heterocycles. The topological polar surface area (TPSA) is 3.24 Å². The van der Waals surface area contributed by atoms with Gasteiger partial charge in [0.05, 0.1) is 0 Å². The lowest BCUT2D eigenvalue weighted by Crippen LogP contribution is -2.34. The highest BCUT2D eigenvalue weighted by Crippen LogP contribution is 2.54. The van der Waals surface area contributed by atoms with Crippen LogP contribution in [0.4, 0.5) is 5.69 Å². The van der Waals surface area contributed by atoms with Crippen LogP contribution in [-0.2, 0) is 36.5 Å². The van der Waals surface area contributed by atoms with E-state index in [4.69, 9.17) is 0 Å². The van der Waals surface area contributed by atoms with Gasteiger partial charge in [-0.05, 0) is 106 Å². The van der Waals surface area contributed by atoms with E-state index in [1.165, 1.54) is 72.2 Å². The molecule has 0 radical (unpaired) electrons. The highest BCUT2D eigenvalue weighted by molar-refractivity contribution is 5.99. The smallest absolute Gasteiger partial charge is 0.0456 e. The average molecular weight is 710 g/mol. The molecule has 0 N–H and O–H groups in total. The quantitative estimate of drug-likeness (QED) is 0.137. The summed E-state index contributed by atoms with van der Waals surface area (Å²) in [6.07, 6.45) is 10.9. The second kappa shape index (κ2) is 14.6. The molecule has 0 atom stereocenters. The Kier molecular flexibility index (Phi) is 9.16. The maximum Gasteiger partial charge on any atom is 0.0456 e. The van der Waals surface area contributed by atoms with Gasteiger partial charge >= 0.3 is 0 Å². The zero-order chi connectivity index (χ0) is 37.2. The van der Waals surface area contributed by atoms with Gasteiger partial charge in [0.15, 0.2) is 0 Å². The lowest BCUT2D eigenvalue weighted by Gasteiger charge is -2.35. The van der Waals surface area contributed by atoms with Crippen LogP contribution in [0, 0.1) is 0 Å². The molecule has 1 nitrogen and oxygen atoms in total. The van der Waals surface area contributed by atoms with Crippen LogP contribution in [0.25, 0.3) is 16.3 Å². The molecule has 0 spiro atoms. The summed E-state index contributed by atoms with van der Waals surface area (Å²) in [6, 6.07) is 67.0. The van der Waals surface area contributed by atoms with E-state index in [0.29, 0.717) is 0 Å². The van der Waals surface area contributed by atoms with Crippen LogP contribution in [0.3, 0.4) is 0 Å². The fourth-order valence-corrected chi connectivity index (χ4v) is 9.92. The molecule has 268 valence electrons. The van der Waals surface area contributed by atoms with Crippen molar-refractivity contribution in [3.63, 3.8) is 0 Å². The summed E-state index contributed by atoms with van der Waals surface area (Å²) in [6.45, 7) is 2.36. The van der Waals surface area contributed by atoms with Gasteiger partial charge in [-0.1, -0.05) is 188 Å². The van der Waals surface area contributed by atoms with E-state index in [0.717, 1.165) is 25.7 Å². The largest absolute Gasteiger partial charge is 0.347 e. The van der Waals surface area contributed by atoms with E-state index in [-0.39, 0.29) is 10.8 Å². The summed E-state index contributed by atoms with van der Waals surface area (Å²) in [5.41, 5.74) is 14.5. The summed E-state index contributed by atoms with van der Waals surface area (Å²) >= 11 is 0. The Labute approximate surface area is 326 Å². The highest BCUT2D eigenvalue weighted by Gasteiger charge is 2.46. The number of para-hydroxylation sites is 1. The van der Waals surface area contributed by atoms with Crippen LogP contribution in [0.2, 0.25) is 0 Å². The average Bonchev–Trinajstić information content (AvgIpc) is 3.59. The lowest BCUT2D eigenvalue weighted by molar-refractivity contribution is 0.507. The molecule has 2 aliphatic rings. The van der Waals surface area contributed by atoms with Gasteiger partial charge in [0.25, 0.3) is 0 Å². The third-order valence-corrected chi connectivity index (χ3v) is 12.3. The van der Waals surface area contributed by atoms with Crippen molar-refractivity contribution in [2.75, 3.05) is 11.9 Å². The lowest BCUT2D eigenvalue weighted by atomic mass is 9.68. The fraction of sp³-hybridized carbons (Fsp3) is 0.148. The predicted octanol–water partition coefficient (Wildman–Crippen LogP) is 12.7. The number of benzene rings is 7. The first-order valence-corrected chi connectivity index (χ1v) is 19.7. The standard InChI is InChI=1S/C54H47N/c1-40-47(53(36-41-20-7-3-8-21-41,37-42-22-9-4-10-23-42)49-35-34-45-28-15-16-29-46(45)52(40)49)31-19-33-51-54(38-43-24-11-5-12-25-43,39-44-26-13-6-14-27-44)48-30-17-18-32-50(48)55(51)2/h3-35H,36-39H2,1-2H3/b31-19+,51-33+. The Balaban J connectivity index is 1.24. The summed E-state index contributed by atoms with van der Waals surface area (Å²) in [5, 5.41) is 2.62. The van der Waals surface area contributed by atoms with Crippen molar-refractivity contribution in [3.8, 4) is 0 Å². The second-order valence-corrected chi connectivity index (χ2v) is 15.5. The molecule has 1 aliphatic carbocycles. The summed E-state index contributed by atoms with van der Waals surface area (Å²) in [4.78, 5) is 2.45. The van der Waals surface area contributed by atoms with Crippen molar-refractivity contribution in [2.24, 2.45) is 0 Å². The van der Waals surface area contributed by atoms with Crippen molar-refractivity contribution in [2.45, 2.75) is 43.4 Å². The van der Waals surface area contributed by atoms with Crippen LogP contribution < -0.4 is 4.90 Å². The maximum atomic E-state index is 2.47. The van der Waals surface area contributed by atoms with Crippen LogP contribution in [0.5, 0.6) is 0 Å². The van der Waals surface area contributed by atoms with E-state index >= 15 is 0 Å². The SMILES string of the molecule is CC1=C(/C=C/C=C2/N(C)c3ccccc3C2(Cc2ccccc2)Cc2ccccc2)C(Cc2ccccc2)(Cc2ccccc2)c2ccc3ccccc3c21. The minimum Gasteiger partial charge on any atom is -0.347 e. The van der Waals surface area contributed by atoms with Crippen molar-refractivity contribution in [1.29, 1.82) is 0 Å². The number of anilines is 1. The molecule has 1 aliphatic heterocycles. The third kappa shape index (κ3) is 6.24. The van der Waals surface area contributed by atoms with Gasteiger partial charge in [0.1, 0.15) is 0 Å². The normalized spacial score (nSPS) is 16.3. The molecule has 7 aromatic carbocycles. The zero-order valence-electron chi connectivity index (χ0n) is 31.8. The molecular formula is C54H47N. The molecule has 0 amide bonds. The van der Waals surface area contributed by atoms with Crippen molar-refractivity contribution in [1.82, 2.24) is 0 Å². The zero-order valence-corrected chi connectivity index (χ0v) is 31.8. The van der Waals surface area contributed by atoms with Crippen LogP contribution >= 0.6 is 0 Å². The number of nitrogens with zero attached hydrogens (tertiary/aromatic N) is 1. The molecule has 1 heterocycles. The van der Waals surface area contributed by atoms with E-state index in [1.807, 2.05) is 0 Å². The molecule has 55 heavy (non-hydrogen) atoms. The van der Waals surface area contributed by atoms with Gasteiger partial charge in [-0.25, -0.2) is 0 Å². The number of likely N-dealkylation sites (N-methyl/N-ethyl adjacent to an activating group) is 1. The van der Waals surface area contributed by atoms with Gasteiger partial charge < -0.3 is 4.90 Å². The number of hydrogen-bond acceptors (Lipinski definition) is 1. The Hall–Kier alpha value is -6.18. The third-order valence-electron chi connectivity index (χ3n) is 12.3. The van der Waals surface area contributed by atoms with E-state index in [2.05, 4.69) is 219 Å². The Morgan fingerprint density at radius 3 is 1.51 bits per heavy atom. The number of allylic oxidation sites excluding steroid dienone is 6. The first-order valence-electron chi connectivity index (χ1n) is 19.7. The van der Waals surface area contributed by atoms with Crippen LogP contribution in [-0.4, -0.2) is 7.05 Å². The molecule has 0 unspecified atom stereocenters. The molecule has 0 aromatic heterocycles. The van der Waals surface area contributed by atoms with Gasteiger partial charge in [-0.15, -0.1) is 0 Å². The van der Waals surface area contributed by atoms with E-state index in [9.17, 15) is 0 Å². The van der Waals surface area contributed by atoms with Crippen molar-refractivity contribution < 1.29 is 0 Å². The van der Waals surface area contributed by atoms with Gasteiger partial charge in [-0.3, -0.25) is 0 Å². The number of fused-ring (bicyclic) bond motifs is 4. The first kappa shape index (κ1) is 34.6. The fourth-order valence-electron chi connectivity index (χ4n) is 9.92. The first-order chi connectivity index (χ1) is 27.1. The Morgan fingerprint density at radius 1 is 0.473 bits per heavy atom. The molecule has 0 bridgehead atoms. The van der Waals surface area contributed by atoms with Crippen molar-refractivity contribution >= 4 is 22.0 Å².